The molecule has 0 unspecified atom stereocenters. The first-order valence-corrected chi connectivity index (χ1v) is 7.13. The third-order valence-electron chi connectivity index (χ3n) is 2.52. The van der Waals surface area contributed by atoms with E-state index >= 15 is 0 Å². The topological polar surface area (TPSA) is 89.5 Å². The zero-order valence-electron chi connectivity index (χ0n) is 10.8. The Labute approximate surface area is 128 Å². The molecule has 1 heterocycles. The van der Waals surface area contributed by atoms with Gasteiger partial charge in [0.15, 0.2) is 0 Å². The van der Waals surface area contributed by atoms with E-state index in [1.165, 1.54) is 18.2 Å². The quantitative estimate of drug-likeness (QED) is 0.868. The summed E-state index contributed by atoms with van der Waals surface area (Å²) in [5.41, 5.74) is -0.569. The van der Waals surface area contributed by atoms with Crippen LogP contribution in [-0.4, -0.2) is 27.5 Å². The molecule has 1 aromatic heterocycles. The summed E-state index contributed by atoms with van der Waals surface area (Å²) in [7, 11) is 0. The third kappa shape index (κ3) is 3.56. The number of aromatic nitrogens is 1. The molecule has 0 atom stereocenters. The van der Waals surface area contributed by atoms with Crippen LogP contribution in [0.25, 0.3) is 0 Å². The van der Waals surface area contributed by atoms with Crippen molar-refractivity contribution < 1.29 is 19.2 Å². The first kappa shape index (κ1) is 15.4. The molecule has 1 aromatic carbocycles. The Kier molecular flexibility index (Phi) is 4.54. The lowest BCUT2D eigenvalue weighted by Crippen LogP contribution is -2.23. The van der Waals surface area contributed by atoms with Gasteiger partial charge >= 0.3 is 5.97 Å². The zero-order valence-corrected chi connectivity index (χ0v) is 12.4. The Morgan fingerprint density at radius 1 is 1.38 bits per heavy atom. The highest BCUT2D eigenvalue weighted by atomic mass is 35.5. The number of carbonyl (C=O) groups is 2. The summed E-state index contributed by atoms with van der Waals surface area (Å²) in [6.45, 7) is 1.57. The number of rotatable bonds is 4. The van der Waals surface area contributed by atoms with Crippen molar-refractivity contribution in [2.24, 2.45) is 0 Å². The second-order valence-electron chi connectivity index (χ2n) is 4.11. The SMILES string of the molecule is Cc1cc(=O)n(C(=O)CSc2ccc(Cl)c(C(=O)O)c2)o1. The molecule has 2 rings (SSSR count). The van der Waals surface area contributed by atoms with Crippen molar-refractivity contribution in [1.29, 1.82) is 0 Å². The summed E-state index contributed by atoms with van der Waals surface area (Å²) in [5.74, 6) is -1.39. The monoisotopic (exact) mass is 327 g/mol. The van der Waals surface area contributed by atoms with Crippen molar-refractivity contribution in [2.75, 3.05) is 5.75 Å². The van der Waals surface area contributed by atoms with E-state index in [0.717, 1.165) is 11.8 Å². The normalized spacial score (nSPS) is 10.6. The van der Waals surface area contributed by atoms with Crippen LogP contribution < -0.4 is 5.56 Å². The Morgan fingerprint density at radius 3 is 2.67 bits per heavy atom. The molecular formula is C13H10ClNO5S. The predicted molar refractivity (Wildman–Crippen MR) is 77.5 cm³/mol. The zero-order chi connectivity index (χ0) is 15.6. The smallest absolute Gasteiger partial charge is 0.337 e. The van der Waals surface area contributed by atoms with Crippen LogP contribution >= 0.6 is 23.4 Å². The van der Waals surface area contributed by atoms with Crippen LogP contribution in [-0.2, 0) is 0 Å². The van der Waals surface area contributed by atoms with Gasteiger partial charge in [-0.05, 0) is 25.1 Å². The van der Waals surface area contributed by atoms with Crippen molar-refractivity contribution in [3.63, 3.8) is 0 Å². The molecule has 2 aromatic rings. The van der Waals surface area contributed by atoms with Crippen LogP contribution in [0.2, 0.25) is 5.02 Å². The first-order valence-electron chi connectivity index (χ1n) is 5.77. The molecule has 0 bridgehead atoms. The molecule has 0 fully saturated rings. The Balaban J connectivity index is 2.11. The molecule has 0 aliphatic heterocycles. The third-order valence-corrected chi connectivity index (χ3v) is 3.83. The second kappa shape index (κ2) is 6.19. The summed E-state index contributed by atoms with van der Waals surface area (Å²) in [6.07, 6.45) is 0. The second-order valence-corrected chi connectivity index (χ2v) is 5.56. The highest BCUT2D eigenvalue weighted by Gasteiger charge is 2.14. The fourth-order valence-corrected chi connectivity index (χ4v) is 2.55. The minimum atomic E-state index is -1.15. The van der Waals surface area contributed by atoms with Crippen LogP contribution in [0.15, 0.2) is 38.5 Å². The summed E-state index contributed by atoms with van der Waals surface area (Å²) >= 11 is 6.85. The summed E-state index contributed by atoms with van der Waals surface area (Å²) in [4.78, 5) is 34.8. The number of carboxylic acid groups (broad SMARTS) is 1. The summed E-state index contributed by atoms with van der Waals surface area (Å²) in [5, 5.41) is 9.08. The molecule has 1 N–H and O–H groups in total. The minimum Gasteiger partial charge on any atom is -0.478 e. The van der Waals surface area contributed by atoms with Crippen molar-refractivity contribution in [3.05, 3.63) is 51.0 Å². The lowest BCUT2D eigenvalue weighted by molar-refractivity contribution is 0.0696. The van der Waals surface area contributed by atoms with Gasteiger partial charge in [-0.3, -0.25) is 9.59 Å². The molecule has 0 spiro atoms. The van der Waals surface area contributed by atoms with Gasteiger partial charge < -0.3 is 9.63 Å². The molecule has 0 aliphatic carbocycles. The van der Waals surface area contributed by atoms with Crippen molar-refractivity contribution >= 4 is 35.2 Å². The molecule has 0 saturated heterocycles. The van der Waals surface area contributed by atoms with Crippen molar-refractivity contribution in [2.45, 2.75) is 11.8 Å². The number of aryl methyl sites for hydroxylation is 1. The van der Waals surface area contributed by atoms with E-state index in [-0.39, 0.29) is 16.3 Å². The average Bonchev–Trinajstić information content (AvgIpc) is 2.76. The van der Waals surface area contributed by atoms with Crippen LogP contribution in [0.5, 0.6) is 0 Å². The van der Waals surface area contributed by atoms with Crippen molar-refractivity contribution in [1.82, 2.24) is 4.74 Å². The maximum Gasteiger partial charge on any atom is 0.337 e. The number of hydrogen-bond acceptors (Lipinski definition) is 5. The maximum absolute atomic E-state index is 11.8. The van der Waals surface area contributed by atoms with Gasteiger partial charge in [0.2, 0.25) is 0 Å². The molecule has 0 radical (unpaired) electrons. The molecule has 21 heavy (non-hydrogen) atoms. The lowest BCUT2D eigenvalue weighted by Gasteiger charge is -2.04. The van der Waals surface area contributed by atoms with Gasteiger partial charge in [-0.2, -0.15) is 0 Å². The number of benzene rings is 1. The van der Waals surface area contributed by atoms with Gasteiger partial charge in [-0.25, -0.2) is 4.79 Å². The molecule has 0 amide bonds. The minimum absolute atomic E-state index is 0.0416. The van der Waals surface area contributed by atoms with Crippen LogP contribution in [0.3, 0.4) is 0 Å². The van der Waals surface area contributed by atoms with Gasteiger partial charge in [0.05, 0.1) is 16.3 Å². The molecule has 6 nitrogen and oxygen atoms in total. The van der Waals surface area contributed by atoms with Gasteiger partial charge in [0, 0.05) is 11.0 Å². The van der Waals surface area contributed by atoms with E-state index < -0.39 is 17.4 Å². The van der Waals surface area contributed by atoms with Crippen LogP contribution in [0.1, 0.15) is 20.9 Å². The van der Waals surface area contributed by atoms with E-state index in [2.05, 4.69) is 0 Å². The van der Waals surface area contributed by atoms with E-state index in [0.29, 0.717) is 15.4 Å². The molecular weight excluding hydrogens is 318 g/mol. The predicted octanol–water partition coefficient (Wildman–Crippen LogP) is 2.53. The van der Waals surface area contributed by atoms with Crippen LogP contribution in [0, 0.1) is 6.92 Å². The number of nitrogens with zero attached hydrogens (tertiary/aromatic N) is 1. The Hall–Kier alpha value is -1.99. The van der Waals surface area contributed by atoms with Gasteiger partial charge in [0.25, 0.3) is 11.5 Å². The average molecular weight is 328 g/mol. The Bertz CT molecular complexity index is 764. The number of carbonyl (C=O) groups excluding carboxylic acids is 1. The molecule has 0 aliphatic rings. The molecule has 0 saturated carbocycles. The van der Waals surface area contributed by atoms with E-state index in [1.807, 2.05) is 0 Å². The standard InChI is InChI=1S/C13H10ClNO5S/c1-7-4-11(16)15(20-7)12(17)6-21-8-2-3-10(14)9(5-8)13(18)19/h2-5H,6H2,1H3,(H,18,19). The fourth-order valence-electron chi connectivity index (χ4n) is 1.58. The highest BCUT2D eigenvalue weighted by molar-refractivity contribution is 8.00. The number of halogens is 1. The van der Waals surface area contributed by atoms with E-state index in [4.69, 9.17) is 21.2 Å². The molecule has 8 heteroatoms. The fraction of sp³-hybridized carbons (Fsp3) is 0.154. The maximum atomic E-state index is 11.8. The van der Waals surface area contributed by atoms with Gasteiger partial charge in [-0.15, -0.1) is 16.5 Å². The van der Waals surface area contributed by atoms with Gasteiger partial charge in [-0.1, -0.05) is 11.6 Å². The van der Waals surface area contributed by atoms with Gasteiger partial charge in [0.1, 0.15) is 5.76 Å². The van der Waals surface area contributed by atoms with E-state index in [1.54, 1.807) is 13.0 Å². The lowest BCUT2D eigenvalue weighted by atomic mass is 10.2. The largest absolute Gasteiger partial charge is 0.478 e. The summed E-state index contributed by atoms with van der Waals surface area (Å²) < 4.78 is 5.65. The first-order chi connectivity index (χ1) is 9.88. The summed E-state index contributed by atoms with van der Waals surface area (Å²) in [6, 6.07) is 5.63. The highest BCUT2D eigenvalue weighted by Crippen LogP contribution is 2.24. The number of thioether (sulfide) groups is 1. The number of carboxylic acids is 1. The number of aromatic carboxylic acids is 1. The number of hydrogen-bond donors (Lipinski definition) is 1. The van der Waals surface area contributed by atoms with Crippen molar-refractivity contribution in [3.8, 4) is 0 Å². The molecule has 110 valence electrons. The Morgan fingerprint density at radius 2 is 2.10 bits per heavy atom. The van der Waals surface area contributed by atoms with E-state index in [9.17, 15) is 14.4 Å². The van der Waals surface area contributed by atoms with Crippen LogP contribution in [0.4, 0.5) is 0 Å².